The van der Waals surface area contributed by atoms with Crippen LogP contribution in [-0.2, 0) is 0 Å². The van der Waals surface area contributed by atoms with Crippen molar-refractivity contribution in [2.45, 2.75) is 51.5 Å². The second-order valence-corrected chi connectivity index (χ2v) is 3.29. The molecule has 0 bridgehead atoms. The zero-order valence-corrected chi connectivity index (χ0v) is 7.03. The molecule has 1 heteroatoms. The molecule has 0 amide bonds. The van der Waals surface area contributed by atoms with Crippen LogP contribution in [0.3, 0.4) is 0 Å². The van der Waals surface area contributed by atoms with Gasteiger partial charge in [0.25, 0.3) is 0 Å². The Hall–Kier alpha value is -0.0400. The van der Waals surface area contributed by atoms with E-state index in [1.165, 1.54) is 45.1 Å². The minimum atomic E-state index is 0. The van der Waals surface area contributed by atoms with Crippen molar-refractivity contribution >= 4 is 0 Å². The van der Waals surface area contributed by atoms with E-state index in [2.05, 4.69) is 12.2 Å². The highest BCUT2D eigenvalue weighted by molar-refractivity contribution is 4.72. The van der Waals surface area contributed by atoms with Crippen LogP contribution in [0.5, 0.6) is 0 Å². The SMILES string of the molecule is CCCCNC1CCCC1.[HH]. The number of hydrogen-bond donors (Lipinski definition) is 1. The van der Waals surface area contributed by atoms with Crippen LogP contribution < -0.4 is 5.32 Å². The summed E-state index contributed by atoms with van der Waals surface area (Å²) in [6.07, 6.45) is 8.40. The van der Waals surface area contributed by atoms with Crippen molar-refractivity contribution in [3.8, 4) is 0 Å². The predicted molar refractivity (Wildman–Crippen MR) is 47.3 cm³/mol. The molecule has 0 heterocycles. The number of nitrogens with one attached hydrogen (secondary N) is 1. The lowest BCUT2D eigenvalue weighted by Gasteiger charge is -2.09. The van der Waals surface area contributed by atoms with Crippen LogP contribution in [0.4, 0.5) is 0 Å². The van der Waals surface area contributed by atoms with E-state index < -0.39 is 0 Å². The molecule has 0 radical (unpaired) electrons. The topological polar surface area (TPSA) is 12.0 Å². The lowest BCUT2D eigenvalue weighted by atomic mass is 10.2. The molecule has 0 aliphatic heterocycles. The summed E-state index contributed by atoms with van der Waals surface area (Å²) in [5.41, 5.74) is 0. The molecule has 0 saturated heterocycles. The Morgan fingerprint density at radius 2 is 2.10 bits per heavy atom. The van der Waals surface area contributed by atoms with Crippen LogP contribution >= 0.6 is 0 Å². The number of unbranched alkanes of at least 4 members (excludes halogenated alkanes) is 1. The van der Waals surface area contributed by atoms with E-state index in [0.29, 0.717) is 0 Å². The molecule has 0 aromatic rings. The third kappa shape index (κ3) is 2.70. The first-order valence-electron chi connectivity index (χ1n) is 4.67. The Balaban J connectivity index is 0.000001000. The smallest absolute Gasteiger partial charge is 0.00670 e. The number of rotatable bonds is 4. The minimum absolute atomic E-state index is 0. The standard InChI is InChI=1S/C9H19N.H2/c1-2-3-8-10-9-6-4-5-7-9;/h9-10H,2-8H2,1H3;1H. The van der Waals surface area contributed by atoms with E-state index in [1.807, 2.05) is 0 Å². The maximum atomic E-state index is 3.58. The first-order chi connectivity index (χ1) is 4.93. The first kappa shape index (κ1) is 8.06. The molecule has 1 nitrogen and oxygen atoms in total. The van der Waals surface area contributed by atoms with Crippen molar-refractivity contribution in [3.05, 3.63) is 0 Å². The van der Waals surface area contributed by atoms with Gasteiger partial charge in [-0.05, 0) is 25.8 Å². The third-order valence-corrected chi connectivity index (χ3v) is 2.32. The third-order valence-electron chi connectivity index (χ3n) is 2.32. The van der Waals surface area contributed by atoms with Crippen molar-refractivity contribution in [2.24, 2.45) is 0 Å². The average molecular weight is 143 g/mol. The second kappa shape index (κ2) is 4.73. The zero-order valence-electron chi connectivity index (χ0n) is 7.03. The highest BCUT2D eigenvalue weighted by atomic mass is 14.9. The first-order valence-corrected chi connectivity index (χ1v) is 4.67. The van der Waals surface area contributed by atoms with Gasteiger partial charge in [-0.25, -0.2) is 0 Å². The summed E-state index contributed by atoms with van der Waals surface area (Å²) in [4.78, 5) is 0. The Bertz CT molecular complexity index is 79.6. The van der Waals surface area contributed by atoms with Crippen LogP contribution in [0.25, 0.3) is 0 Å². The molecule has 0 aromatic heterocycles. The summed E-state index contributed by atoms with van der Waals surface area (Å²) < 4.78 is 0. The molecule has 1 aliphatic carbocycles. The summed E-state index contributed by atoms with van der Waals surface area (Å²) in [5.74, 6) is 0. The molecule has 0 aromatic carbocycles. The van der Waals surface area contributed by atoms with E-state index >= 15 is 0 Å². The molecule has 1 rings (SSSR count). The fraction of sp³-hybridized carbons (Fsp3) is 1.00. The van der Waals surface area contributed by atoms with Gasteiger partial charge < -0.3 is 5.32 Å². The lowest BCUT2D eigenvalue weighted by Crippen LogP contribution is -2.26. The molecule has 1 saturated carbocycles. The Morgan fingerprint density at radius 1 is 1.40 bits per heavy atom. The molecule has 0 spiro atoms. The summed E-state index contributed by atoms with van der Waals surface area (Å²) in [6.45, 7) is 3.48. The lowest BCUT2D eigenvalue weighted by molar-refractivity contribution is 0.513. The van der Waals surface area contributed by atoms with Gasteiger partial charge in [-0.15, -0.1) is 0 Å². The van der Waals surface area contributed by atoms with E-state index in [1.54, 1.807) is 0 Å². The molecule has 0 atom stereocenters. The Labute approximate surface area is 65.7 Å². The molecule has 1 aliphatic rings. The van der Waals surface area contributed by atoms with Gasteiger partial charge >= 0.3 is 0 Å². The molecular formula is C9H21N. The summed E-state index contributed by atoms with van der Waals surface area (Å²) in [6, 6.07) is 0.867. The van der Waals surface area contributed by atoms with Crippen LogP contribution in [-0.4, -0.2) is 12.6 Å². The highest BCUT2D eigenvalue weighted by Gasteiger charge is 2.12. The van der Waals surface area contributed by atoms with Crippen molar-refractivity contribution in [3.63, 3.8) is 0 Å². The van der Waals surface area contributed by atoms with Crippen LogP contribution in [0, 0.1) is 0 Å². The maximum absolute atomic E-state index is 3.58. The number of hydrogen-bond acceptors (Lipinski definition) is 1. The van der Waals surface area contributed by atoms with Crippen LogP contribution in [0.1, 0.15) is 46.9 Å². The van der Waals surface area contributed by atoms with Crippen molar-refractivity contribution < 1.29 is 1.43 Å². The predicted octanol–water partition coefficient (Wildman–Crippen LogP) is 2.56. The minimum Gasteiger partial charge on any atom is -0.314 e. The van der Waals surface area contributed by atoms with Crippen LogP contribution in [0.2, 0.25) is 0 Å². The highest BCUT2D eigenvalue weighted by Crippen LogP contribution is 2.17. The van der Waals surface area contributed by atoms with Gasteiger partial charge in [0.05, 0.1) is 0 Å². The normalized spacial score (nSPS) is 20.1. The van der Waals surface area contributed by atoms with Crippen molar-refractivity contribution in [1.29, 1.82) is 0 Å². The zero-order chi connectivity index (χ0) is 7.23. The van der Waals surface area contributed by atoms with Gasteiger partial charge in [0, 0.05) is 7.47 Å². The fourth-order valence-electron chi connectivity index (χ4n) is 1.61. The Morgan fingerprint density at radius 3 is 2.70 bits per heavy atom. The van der Waals surface area contributed by atoms with E-state index in [-0.39, 0.29) is 1.43 Å². The summed E-state index contributed by atoms with van der Waals surface area (Å²) in [7, 11) is 0. The Kier molecular flexibility index (Phi) is 3.81. The van der Waals surface area contributed by atoms with Gasteiger partial charge in [-0.1, -0.05) is 26.2 Å². The summed E-state index contributed by atoms with van der Waals surface area (Å²) >= 11 is 0. The van der Waals surface area contributed by atoms with Gasteiger partial charge in [0.15, 0.2) is 0 Å². The molecule has 10 heavy (non-hydrogen) atoms. The van der Waals surface area contributed by atoms with Crippen LogP contribution in [0.15, 0.2) is 0 Å². The van der Waals surface area contributed by atoms with Crippen molar-refractivity contribution in [1.82, 2.24) is 5.32 Å². The maximum Gasteiger partial charge on any atom is 0.00670 e. The molecule has 1 N–H and O–H groups in total. The fourth-order valence-corrected chi connectivity index (χ4v) is 1.61. The second-order valence-electron chi connectivity index (χ2n) is 3.29. The summed E-state index contributed by atoms with van der Waals surface area (Å²) in [5, 5.41) is 3.58. The molecular weight excluding hydrogens is 122 g/mol. The van der Waals surface area contributed by atoms with E-state index in [9.17, 15) is 0 Å². The van der Waals surface area contributed by atoms with Gasteiger partial charge in [-0.3, -0.25) is 0 Å². The van der Waals surface area contributed by atoms with E-state index in [4.69, 9.17) is 0 Å². The van der Waals surface area contributed by atoms with E-state index in [0.717, 1.165) is 6.04 Å². The quantitative estimate of drug-likeness (QED) is 0.596. The van der Waals surface area contributed by atoms with Gasteiger partial charge in [0.1, 0.15) is 0 Å². The van der Waals surface area contributed by atoms with Gasteiger partial charge in [0.2, 0.25) is 0 Å². The molecule has 0 unspecified atom stereocenters. The van der Waals surface area contributed by atoms with Gasteiger partial charge in [-0.2, -0.15) is 0 Å². The molecule has 62 valence electrons. The average Bonchev–Trinajstić information content (AvgIpc) is 2.41. The largest absolute Gasteiger partial charge is 0.314 e. The monoisotopic (exact) mass is 143 g/mol. The molecule has 1 fully saturated rings. The van der Waals surface area contributed by atoms with Crippen molar-refractivity contribution in [2.75, 3.05) is 6.54 Å².